The molecule has 1 aliphatic carbocycles. The van der Waals surface area contributed by atoms with E-state index in [9.17, 15) is 13.2 Å². The molecule has 0 aromatic heterocycles. The second-order valence-corrected chi connectivity index (χ2v) is 8.88. The molecule has 7 nitrogen and oxygen atoms in total. The molecule has 0 radical (unpaired) electrons. The van der Waals surface area contributed by atoms with Crippen LogP contribution in [0, 0.1) is 0 Å². The van der Waals surface area contributed by atoms with Gasteiger partial charge < -0.3 is 5.32 Å². The summed E-state index contributed by atoms with van der Waals surface area (Å²) in [6, 6.07) is 0.198. The maximum atomic E-state index is 12.5. The molecule has 1 saturated carbocycles. The molecule has 2 aliphatic heterocycles. The van der Waals surface area contributed by atoms with Crippen LogP contribution in [0.1, 0.15) is 32.1 Å². The summed E-state index contributed by atoms with van der Waals surface area (Å²) in [5.74, 6) is 0. The predicted molar refractivity (Wildman–Crippen MR) is 89.1 cm³/mol. The number of urea groups is 1. The topological polar surface area (TPSA) is 79.0 Å². The van der Waals surface area contributed by atoms with E-state index in [2.05, 4.69) is 5.32 Å². The summed E-state index contributed by atoms with van der Waals surface area (Å²) >= 11 is 1.55. The van der Waals surface area contributed by atoms with Gasteiger partial charge in [0.05, 0.1) is 6.26 Å². The number of nitrogens with one attached hydrogen (secondary N) is 1. The fraction of sp³-hybridized carbons (Fsp3) is 0.786. The summed E-state index contributed by atoms with van der Waals surface area (Å²) in [6.45, 7) is 1.03. The van der Waals surface area contributed by atoms with E-state index in [0.29, 0.717) is 13.1 Å². The molecule has 9 heteroatoms. The van der Waals surface area contributed by atoms with Gasteiger partial charge in [-0.15, -0.1) is 0 Å². The van der Waals surface area contributed by atoms with E-state index in [-0.39, 0.29) is 23.7 Å². The first-order valence-electron chi connectivity index (χ1n) is 7.96. The number of likely N-dealkylation sites (tertiary alicyclic amines) is 1. The minimum absolute atomic E-state index is 0.0735. The Balaban J connectivity index is 1.50. The molecule has 130 valence electrons. The minimum atomic E-state index is -3.42. The van der Waals surface area contributed by atoms with Crippen LogP contribution in [0.15, 0.2) is 11.6 Å². The molecule has 0 bridgehead atoms. The van der Waals surface area contributed by atoms with Crippen molar-refractivity contribution in [1.29, 1.82) is 0 Å². The van der Waals surface area contributed by atoms with Crippen molar-refractivity contribution in [1.82, 2.24) is 15.1 Å². The Hall–Kier alpha value is -0.770. The van der Waals surface area contributed by atoms with Crippen molar-refractivity contribution in [2.75, 3.05) is 19.3 Å². The van der Waals surface area contributed by atoms with Gasteiger partial charge >= 0.3 is 6.03 Å². The molecule has 0 spiro atoms. The van der Waals surface area contributed by atoms with Crippen molar-refractivity contribution in [3.63, 3.8) is 0 Å². The number of hydrogen-bond acceptors (Lipinski definition) is 6. The molecule has 1 unspecified atom stereocenters. The van der Waals surface area contributed by atoms with Crippen LogP contribution < -0.4 is 5.32 Å². The normalized spacial score (nSPS) is 27.2. The first kappa shape index (κ1) is 17.1. The van der Waals surface area contributed by atoms with Gasteiger partial charge in [-0.1, -0.05) is 31.0 Å². The summed E-state index contributed by atoms with van der Waals surface area (Å²) in [5, 5.41) is 5.01. The van der Waals surface area contributed by atoms with Crippen LogP contribution in [0.3, 0.4) is 0 Å². The van der Waals surface area contributed by atoms with E-state index in [1.807, 2.05) is 10.3 Å². The van der Waals surface area contributed by atoms with Crippen LogP contribution in [0.2, 0.25) is 0 Å². The number of amides is 2. The van der Waals surface area contributed by atoms with E-state index in [1.165, 1.54) is 19.3 Å². The molecule has 3 aliphatic rings. The zero-order chi connectivity index (χ0) is 16.4. The Kier molecular flexibility index (Phi) is 5.19. The van der Waals surface area contributed by atoms with E-state index in [4.69, 9.17) is 4.18 Å². The quantitative estimate of drug-likeness (QED) is 0.765. The lowest BCUT2D eigenvalue weighted by atomic mass is 9.96. The molecule has 23 heavy (non-hydrogen) atoms. The second kappa shape index (κ2) is 7.00. The van der Waals surface area contributed by atoms with Gasteiger partial charge in [-0.05, 0) is 18.2 Å². The summed E-state index contributed by atoms with van der Waals surface area (Å²) < 4.78 is 27.2. The standard InChI is InChI=1S/C14H23N3O4S2/c1-23(19,20)21-12-9-16(10-12)14-17(7-8-22-14)13(18)15-11-5-3-2-4-6-11/h7-8,11-12,14H,2-6,9-10H2,1H3,(H,15,18). The third-order valence-electron chi connectivity index (χ3n) is 4.33. The molecule has 3 rings (SSSR count). The fourth-order valence-electron chi connectivity index (χ4n) is 3.19. The Bertz CT molecular complexity index is 569. The highest BCUT2D eigenvalue weighted by Gasteiger charge is 2.40. The zero-order valence-corrected chi connectivity index (χ0v) is 14.8. The maximum absolute atomic E-state index is 12.5. The van der Waals surface area contributed by atoms with Crippen LogP contribution >= 0.6 is 11.8 Å². The molecular weight excluding hydrogens is 338 g/mol. The predicted octanol–water partition coefficient (Wildman–Crippen LogP) is 1.49. The van der Waals surface area contributed by atoms with Crippen LogP contribution in [0.5, 0.6) is 0 Å². The van der Waals surface area contributed by atoms with Crippen molar-refractivity contribution in [2.45, 2.75) is 49.7 Å². The van der Waals surface area contributed by atoms with Crippen LogP contribution in [0.25, 0.3) is 0 Å². The van der Waals surface area contributed by atoms with E-state index in [0.717, 1.165) is 19.1 Å². The van der Waals surface area contributed by atoms with Gasteiger partial charge in [0, 0.05) is 25.3 Å². The van der Waals surface area contributed by atoms with E-state index in [1.54, 1.807) is 22.9 Å². The Morgan fingerprint density at radius 2 is 1.96 bits per heavy atom. The lowest BCUT2D eigenvalue weighted by molar-refractivity contribution is -0.00642. The van der Waals surface area contributed by atoms with Gasteiger partial charge in [0.25, 0.3) is 10.1 Å². The molecule has 1 N–H and O–H groups in total. The monoisotopic (exact) mass is 361 g/mol. The van der Waals surface area contributed by atoms with Gasteiger partial charge in [-0.25, -0.2) is 4.79 Å². The van der Waals surface area contributed by atoms with Crippen LogP contribution in [-0.4, -0.2) is 61.2 Å². The second-order valence-electron chi connectivity index (χ2n) is 6.32. The van der Waals surface area contributed by atoms with Crippen LogP contribution in [-0.2, 0) is 14.3 Å². The third-order valence-corrected chi connectivity index (χ3v) is 6.00. The average Bonchev–Trinajstić information content (AvgIpc) is 2.91. The molecule has 0 aromatic rings. The van der Waals surface area contributed by atoms with Crippen molar-refractivity contribution in [3.05, 3.63) is 11.6 Å². The molecule has 2 amide bonds. The molecular formula is C14H23N3O4S2. The molecule has 2 fully saturated rings. The highest BCUT2D eigenvalue weighted by Crippen LogP contribution is 2.32. The molecule has 1 atom stereocenters. The summed E-state index contributed by atoms with van der Waals surface area (Å²) in [7, 11) is -3.42. The Morgan fingerprint density at radius 3 is 2.61 bits per heavy atom. The zero-order valence-electron chi connectivity index (χ0n) is 13.2. The van der Waals surface area contributed by atoms with Crippen molar-refractivity contribution >= 4 is 27.9 Å². The number of nitrogens with zero attached hydrogens (tertiary/aromatic N) is 2. The largest absolute Gasteiger partial charge is 0.335 e. The number of thioether (sulfide) groups is 1. The van der Waals surface area contributed by atoms with Crippen molar-refractivity contribution in [2.24, 2.45) is 0 Å². The number of carbonyl (C=O) groups is 1. The van der Waals surface area contributed by atoms with Gasteiger partial charge in [0.15, 0.2) is 0 Å². The van der Waals surface area contributed by atoms with Gasteiger partial charge in [0.2, 0.25) is 0 Å². The smallest absolute Gasteiger partial charge is 0.323 e. The number of rotatable bonds is 4. The van der Waals surface area contributed by atoms with Crippen molar-refractivity contribution in [3.8, 4) is 0 Å². The maximum Gasteiger partial charge on any atom is 0.323 e. The highest BCUT2D eigenvalue weighted by atomic mass is 32.2. The van der Waals surface area contributed by atoms with E-state index >= 15 is 0 Å². The van der Waals surface area contributed by atoms with E-state index < -0.39 is 10.1 Å². The Labute approximate surface area is 141 Å². The van der Waals surface area contributed by atoms with Gasteiger partial charge in [-0.3, -0.25) is 14.0 Å². The first-order valence-corrected chi connectivity index (χ1v) is 10.7. The third kappa shape index (κ3) is 4.40. The van der Waals surface area contributed by atoms with Crippen LogP contribution in [0.4, 0.5) is 4.79 Å². The number of hydrogen-bond donors (Lipinski definition) is 1. The summed E-state index contributed by atoms with van der Waals surface area (Å²) in [5.41, 5.74) is -0.113. The number of carbonyl (C=O) groups excluding carboxylic acids is 1. The van der Waals surface area contributed by atoms with Crippen molar-refractivity contribution < 1.29 is 17.4 Å². The molecule has 2 heterocycles. The average molecular weight is 361 g/mol. The van der Waals surface area contributed by atoms with Gasteiger partial charge in [-0.2, -0.15) is 8.42 Å². The minimum Gasteiger partial charge on any atom is -0.335 e. The molecule has 0 aromatic carbocycles. The summed E-state index contributed by atoms with van der Waals surface area (Å²) in [4.78, 5) is 16.2. The lowest BCUT2D eigenvalue weighted by Gasteiger charge is -2.44. The lowest BCUT2D eigenvalue weighted by Crippen LogP contribution is -2.60. The first-order chi connectivity index (χ1) is 10.9. The Morgan fingerprint density at radius 1 is 1.26 bits per heavy atom. The SMILES string of the molecule is CS(=O)(=O)OC1CN(C2SC=CN2C(=O)NC2CCCCC2)C1. The summed E-state index contributed by atoms with van der Waals surface area (Å²) in [6.07, 6.45) is 8.25. The van der Waals surface area contributed by atoms with Gasteiger partial charge in [0.1, 0.15) is 11.6 Å². The fourth-order valence-corrected chi connectivity index (χ4v) is 4.79. The molecule has 1 saturated heterocycles. The highest BCUT2D eigenvalue weighted by molar-refractivity contribution is 8.02.